The van der Waals surface area contributed by atoms with Crippen molar-refractivity contribution in [3.05, 3.63) is 34.9 Å². The first-order valence-corrected chi connectivity index (χ1v) is 11.2. The predicted octanol–water partition coefficient (Wildman–Crippen LogP) is 3.96. The summed E-state index contributed by atoms with van der Waals surface area (Å²) in [6.07, 6.45) is 6.50. The van der Waals surface area contributed by atoms with Crippen LogP contribution in [0, 0.1) is 0 Å². The number of piperidine rings is 2. The maximum Gasteiger partial charge on any atom is 0.191 e. The molecule has 2 saturated heterocycles. The molecule has 2 N–H and O–H groups in total. The molecule has 2 aliphatic heterocycles. The first-order chi connectivity index (χ1) is 13.6. The lowest BCUT2D eigenvalue weighted by Gasteiger charge is -2.50. The lowest BCUT2D eigenvalue weighted by atomic mass is 9.84. The summed E-state index contributed by atoms with van der Waals surface area (Å²) >= 11 is 6.11. The van der Waals surface area contributed by atoms with Crippen molar-refractivity contribution in [2.24, 2.45) is 4.99 Å². The van der Waals surface area contributed by atoms with Gasteiger partial charge in [0.1, 0.15) is 0 Å². The second-order valence-electron chi connectivity index (χ2n) is 8.25. The molecule has 0 aliphatic carbocycles. The molecule has 1 aromatic carbocycles. The Morgan fingerprint density at radius 1 is 1.10 bits per heavy atom. The molecular formula is C22H37ClIN5. The zero-order chi connectivity index (χ0) is 19.8. The Labute approximate surface area is 198 Å². The summed E-state index contributed by atoms with van der Waals surface area (Å²) in [5.41, 5.74) is 1.38. The molecule has 0 radical (unpaired) electrons. The van der Waals surface area contributed by atoms with Gasteiger partial charge in [-0.25, -0.2) is 4.99 Å². The largest absolute Gasteiger partial charge is 0.357 e. The SMILES string of the molecule is CCNC(=NCc1cccc(Cl)c1)NCC1(N2CCCCC2)CCN(C)CC1.I. The molecule has 5 nitrogen and oxygen atoms in total. The van der Waals surface area contributed by atoms with E-state index in [0.29, 0.717) is 6.54 Å². The van der Waals surface area contributed by atoms with E-state index in [0.717, 1.165) is 29.6 Å². The Kier molecular flexibility index (Phi) is 10.5. The van der Waals surface area contributed by atoms with Crippen LogP contribution in [0.15, 0.2) is 29.3 Å². The smallest absolute Gasteiger partial charge is 0.191 e. The van der Waals surface area contributed by atoms with Gasteiger partial charge in [-0.2, -0.15) is 0 Å². The summed E-state index contributed by atoms with van der Waals surface area (Å²) < 4.78 is 0. The number of aliphatic imine (C=N–C) groups is 1. The average molecular weight is 534 g/mol. The highest BCUT2D eigenvalue weighted by molar-refractivity contribution is 14.0. The van der Waals surface area contributed by atoms with Crippen molar-refractivity contribution in [3.8, 4) is 0 Å². The van der Waals surface area contributed by atoms with E-state index in [-0.39, 0.29) is 29.5 Å². The van der Waals surface area contributed by atoms with Crippen LogP contribution in [0.5, 0.6) is 0 Å². The summed E-state index contributed by atoms with van der Waals surface area (Å²) in [5.74, 6) is 0.901. The highest BCUT2D eigenvalue weighted by Crippen LogP contribution is 2.30. The van der Waals surface area contributed by atoms with Gasteiger partial charge in [-0.15, -0.1) is 24.0 Å². The van der Waals surface area contributed by atoms with Gasteiger partial charge < -0.3 is 15.5 Å². The number of guanidine groups is 1. The number of benzene rings is 1. The van der Waals surface area contributed by atoms with Crippen LogP contribution in [0.1, 0.15) is 44.6 Å². The van der Waals surface area contributed by atoms with Crippen LogP contribution in [0.25, 0.3) is 0 Å². The molecule has 0 aromatic heterocycles. The van der Waals surface area contributed by atoms with Crippen LogP contribution in [0.4, 0.5) is 0 Å². The van der Waals surface area contributed by atoms with E-state index in [2.05, 4.69) is 40.5 Å². The normalized spacial score (nSPS) is 20.7. The molecule has 2 aliphatic rings. The Morgan fingerprint density at radius 2 is 1.83 bits per heavy atom. The molecule has 0 amide bonds. The van der Waals surface area contributed by atoms with Gasteiger partial charge in [-0.1, -0.05) is 30.2 Å². The summed E-state index contributed by atoms with van der Waals surface area (Å²) in [6.45, 7) is 9.40. The summed E-state index contributed by atoms with van der Waals surface area (Å²) in [5, 5.41) is 7.85. The minimum absolute atomic E-state index is 0. The topological polar surface area (TPSA) is 42.9 Å². The summed E-state index contributed by atoms with van der Waals surface area (Å²) in [6, 6.07) is 7.95. The zero-order valence-electron chi connectivity index (χ0n) is 17.9. The summed E-state index contributed by atoms with van der Waals surface area (Å²) in [4.78, 5) is 10.0. The molecule has 29 heavy (non-hydrogen) atoms. The van der Waals surface area contributed by atoms with E-state index < -0.39 is 0 Å². The van der Waals surface area contributed by atoms with Gasteiger partial charge in [0.2, 0.25) is 0 Å². The van der Waals surface area contributed by atoms with Crippen molar-refractivity contribution < 1.29 is 0 Å². The minimum Gasteiger partial charge on any atom is -0.357 e. The fraction of sp³-hybridized carbons (Fsp3) is 0.682. The monoisotopic (exact) mass is 533 g/mol. The molecule has 0 bridgehead atoms. The van der Waals surface area contributed by atoms with E-state index in [1.165, 1.54) is 58.3 Å². The van der Waals surface area contributed by atoms with Crippen molar-refractivity contribution in [3.63, 3.8) is 0 Å². The molecular weight excluding hydrogens is 497 g/mol. The number of likely N-dealkylation sites (tertiary alicyclic amines) is 2. The molecule has 0 unspecified atom stereocenters. The second-order valence-corrected chi connectivity index (χ2v) is 8.69. The third-order valence-electron chi connectivity index (χ3n) is 6.18. The molecule has 2 heterocycles. The summed E-state index contributed by atoms with van der Waals surface area (Å²) in [7, 11) is 2.24. The Balaban J connectivity index is 0.00000300. The van der Waals surface area contributed by atoms with E-state index in [4.69, 9.17) is 16.6 Å². The average Bonchev–Trinajstić information content (AvgIpc) is 2.72. The van der Waals surface area contributed by atoms with Crippen LogP contribution in [-0.4, -0.2) is 67.6 Å². The second kappa shape index (κ2) is 12.3. The molecule has 2 fully saturated rings. The first kappa shape index (κ1) is 24.7. The predicted molar refractivity (Wildman–Crippen MR) is 135 cm³/mol. The number of nitrogens with zero attached hydrogens (tertiary/aromatic N) is 3. The number of nitrogens with one attached hydrogen (secondary N) is 2. The van der Waals surface area contributed by atoms with Gasteiger partial charge in [0.25, 0.3) is 0 Å². The number of rotatable bonds is 6. The van der Waals surface area contributed by atoms with Gasteiger partial charge in [0, 0.05) is 23.7 Å². The van der Waals surface area contributed by atoms with Gasteiger partial charge >= 0.3 is 0 Å². The van der Waals surface area contributed by atoms with E-state index in [1.54, 1.807) is 0 Å². The first-order valence-electron chi connectivity index (χ1n) is 10.8. The molecule has 3 rings (SSSR count). The molecule has 7 heteroatoms. The minimum atomic E-state index is 0. The van der Waals surface area contributed by atoms with Crippen LogP contribution in [0.3, 0.4) is 0 Å². The molecule has 164 valence electrons. The van der Waals surface area contributed by atoms with Crippen molar-refractivity contribution in [2.75, 3.05) is 46.3 Å². The van der Waals surface area contributed by atoms with Crippen molar-refractivity contribution >= 4 is 41.5 Å². The maximum absolute atomic E-state index is 6.11. The van der Waals surface area contributed by atoms with Gasteiger partial charge in [0.05, 0.1) is 6.54 Å². The highest BCUT2D eigenvalue weighted by atomic mass is 127. The van der Waals surface area contributed by atoms with E-state index in [9.17, 15) is 0 Å². The van der Waals surface area contributed by atoms with Gasteiger partial charge in [-0.3, -0.25) is 4.90 Å². The quantitative estimate of drug-likeness (QED) is 0.330. The van der Waals surface area contributed by atoms with E-state index >= 15 is 0 Å². The van der Waals surface area contributed by atoms with Crippen LogP contribution in [-0.2, 0) is 6.54 Å². The van der Waals surface area contributed by atoms with Crippen molar-refractivity contribution in [1.29, 1.82) is 0 Å². The Morgan fingerprint density at radius 3 is 2.48 bits per heavy atom. The third-order valence-corrected chi connectivity index (χ3v) is 6.42. The van der Waals surface area contributed by atoms with E-state index in [1.807, 2.05) is 18.2 Å². The van der Waals surface area contributed by atoms with Crippen LogP contribution < -0.4 is 10.6 Å². The zero-order valence-corrected chi connectivity index (χ0v) is 21.0. The van der Waals surface area contributed by atoms with Crippen LogP contribution in [0.2, 0.25) is 5.02 Å². The lowest BCUT2D eigenvalue weighted by Crippen LogP contribution is -2.62. The number of halogens is 2. The maximum atomic E-state index is 6.11. The fourth-order valence-corrected chi connectivity index (χ4v) is 4.62. The van der Waals surface area contributed by atoms with Crippen molar-refractivity contribution in [2.45, 2.75) is 51.1 Å². The van der Waals surface area contributed by atoms with Gasteiger partial charge in [0.15, 0.2) is 5.96 Å². The third kappa shape index (κ3) is 7.26. The van der Waals surface area contributed by atoms with Gasteiger partial charge in [-0.05, 0) is 83.5 Å². The highest BCUT2D eigenvalue weighted by Gasteiger charge is 2.39. The molecule has 0 spiro atoms. The number of hydrogen-bond acceptors (Lipinski definition) is 3. The standard InChI is InChI=1S/C22H36ClN5.HI/c1-3-24-21(25-17-19-8-7-9-20(23)16-19)26-18-22(10-14-27(2)15-11-22)28-12-5-4-6-13-28;/h7-9,16H,3-6,10-15,17-18H2,1-2H3,(H2,24,25,26);1H. The Bertz CT molecular complexity index is 640. The lowest BCUT2D eigenvalue weighted by molar-refractivity contribution is 0.0173. The molecule has 1 aromatic rings. The van der Waals surface area contributed by atoms with Crippen molar-refractivity contribution in [1.82, 2.24) is 20.4 Å². The number of hydrogen-bond donors (Lipinski definition) is 2. The van der Waals surface area contributed by atoms with Crippen LogP contribution >= 0.6 is 35.6 Å². The molecule has 0 atom stereocenters. The molecule has 0 saturated carbocycles. The Hall–Kier alpha value is -0.570. The fourth-order valence-electron chi connectivity index (χ4n) is 4.40.